The predicted molar refractivity (Wildman–Crippen MR) is 73.9 cm³/mol. The van der Waals surface area contributed by atoms with E-state index < -0.39 is 0 Å². The summed E-state index contributed by atoms with van der Waals surface area (Å²) in [5, 5.41) is 9.55. The summed E-state index contributed by atoms with van der Waals surface area (Å²) in [5.74, 6) is 0. The van der Waals surface area contributed by atoms with E-state index in [1.165, 1.54) is 11.8 Å². The van der Waals surface area contributed by atoms with Gasteiger partial charge in [0.15, 0.2) is 5.16 Å². The van der Waals surface area contributed by atoms with Gasteiger partial charge in [0.1, 0.15) is 11.4 Å². The summed E-state index contributed by atoms with van der Waals surface area (Å²) < 4.78 is 1.91. The molecule has 0 bridgehead atoms. The van der Waals surface area contributed by atoms with E-state index in [9.17, 15) is 0 Å². The van der Waals surface area contributed by atoms with E-state index in [2.05, 4.69) is 26.7 Å². The van der Waals surface area contributed by atoms with E-state index >= 15 is 0 Å². The highest BCUT2D eigenvalue weighted by Gasteiger charge is 2.07. The van der Waals surface area contributed by atoms with Crippen molar-refractivity contribution in [2.45, 2.75) is 16.7 Å². The Hall–Kier alpha value is -2.21. The van der Waals surface area contributed by atoms with Gasteiger partial charge >= 0.3 is 0 Å². The standard InChI is InChI=1S/C13H11N5S/c1-2-7-18-9-15-17-13(18)19-12-8-14-10-5-3-4-6-11(10)16-12/h2-6,8-9H,1,7H2. The Morgan fingerprint density at radius 3 is 2.95 bits per heavy atom. The SMILES string of the molecule is C=CCn1cnnc1Sc1cnc2ccccc2n1. The summed E-state index contributed by atoms with van der Waals surface area (Å²) in [6.45, 7) is 4.39. The van der Waals surface area contributed by atoms with Gasteiger partial charge in [-0.25, -0.2) is 4.98 Å². The topological polar surface area (TPSA) is 56.5 Å². The highest BCUT2D eigenvalue weighted by Crippen LogP contribution is 2.24. The maximum Gasteiger partial charge on any atom is 0.197 e. The van der Waals surface area contributed by atoms with Crippen LogP contribution in [-0.2, 0) is 6.54 Å². The van der Waals surface area contributed by atoms with Gasteiger partial charge in [-0.1, -0.05) is 18.2 Å². The third-order valence-electron chi connectivity index (χ3n) is 2.53. The highest BCUT2D eigenvalue weighted by atomic mass is 32.2. The monoisotopic (exact) mass is 269 g/mol. The van der Waals surface area contributed by atoms with Gasteiger partial charge in [-0.15, -0.1) is 16.8 Å². The summed E-state index contributed by atoms with van der Waals surface area (Å²) in [7, 11) is 0. The van der Waals surface area contributed by atoms with Crippen LogP contribution in [0.25, 0.3) is 11.0 Å². The van der Waals surface area contributed by atoms with Crippen molar-refractivity contribution in [2.75, 3.05) is 0 Å². The lowest BCUT2D eigenvalue weighted by molar-refractivity contribution is 0.724. The highest BCUT2D eigenvalue weighted by molar-refractivity contribution is 7.99. The summed E-state index contributed by atoms with van der Waals surface area (Å²) >= 11 is 1.44. The lowest BCUT2D eigenvalue weighted by Crippen LogP contribution is -1.96. The minimum Gasteiger partial charge on any atom is -0.304 e. The van der Waals surface area contributed by atoms with Crippen molar-refractivity contribution in [1.82, 2.24) is 24.7 Å². The molecule has 3 aromatic rings. The number of benzene rings is 1. The van der Waals surface area contributed by atoms with Crippen LogP contribution in [0.1, 0.15) is 0 Å². The smallest absolute Gasteiger partial charge is 0.197 e. The Labute approximate surface area is 114 Å². The van der Waals surface area contributed by atoms with Crippen LogP contribution in [-0.4, -0.2) is 24.7 Å². The molecule has 0 saturated heterocycles. The zero-order valence-electron chi connectivity index (χ0n) is 10.1. The fourth-order valence-corrected chi connectivity index (χ4v) is 2.43. The molecule has 0 aliphatic heterocycles. The molecule has 0 atom stereocenters. The van der Waals surface area contributed by atoms with Gasteiger partial charge in [-0.2, -0.15) is 0 Å². The minimum atomic E-state index is 0.677. The van der Waals surface area contributed by atoms with E-state index in [0.717, 1.165) is 21.2 Å². The van der Waals surface area contributed by atoms with Gasteiger partial charge in [0.05, 0.1) is 17.2 Å². The second kappa shape index (κ2) is 5.19. The van der Waals surface area contributed by atoms with Crippen LogP contribution in [0.4, 0.5) is 0 Å². The second-order valence-corrected chi connectivity index (χ2v) is 4.84. The third kappa shape index (κ3) is 2.48. The van der Waals surface area contributed by atoms with Crippen molar-refractivity contribution in [2.24, 2.45) is 0 Å². The first-order valence-corrected chi connectivity index (χ1v) is 6.57. The molecule has 0 aliphatic carbocycles. The van der Waals surface area contributed by atoms with Gasteiger partial charge < -0.3 is 4.57 Å². The predicted octanol–water partition coefficient (Wildman–Crippen LogP) is 2.56. The van der Waals surface area contributed by atoms with Crippen molar-refractivity contribution in [3.05, 3.63) is 49.4 Å². The summed E-state index contributed by atoms with van der Waals surface area (Å²) in [5.41, 5.74) is 1.77. The Morgan fingerprint density at radius 2 is 2.11 bits per heavy atom. The Bertz CT molecular complexity index is 722. The van der Waals surface area contributed by atoms with Crippen molar-refractivity contribution in [3.8, 4) is 0 Å². The van der Waals surface area contributed by atoms with Gasteiger partial charge in [0.2, 0.25) is 0 Å². The Kier molecular flexibility index (Phi) is 3.24. The summed E-state index contributed by atoms with van der Waals surface area (Å²) in [6.07, 6.45) is 5.23. The van der Waals surface area contributed by atoms with Crippen LogP contribution < -0.4 is 0 Å². The zero-order chi connectivity index (χ0) is 13.1. The lowest BCUT2D eigenvalue weighted by atomic mass is 10.3. The van der Waals surface area contributed by atoms with Crippen LogP contribution in [0.3, 0.4) is 0 Å². The molecule has 0 spiro atoms. The van der Waals surface area contributed by atoms with Gasteiger partial charge in [0.25, 0.3) is 0 Å². The number of nitrogens with zero attached hydrogens (tertiary/aromatic N) is 5. The molecule has 0 radical (unpaired) electrons. The molecule has 0 saturated carbocycles. The van der Waals surface area contributed by atoms with Crippen LogP contribution in [0.2, 0.25) is 0 Å². The number of fused-ring (bicyclic) bond motifs is 1. The zero-order valence-corrected chi connectivity index (χ0v) is 10.9. The number of para-hydroxylation sites is 2. The molecule has 3 rings (SSSR count). The molecular formula is C13H11N5S. The second-order valence-electron chi connectivity index (χ2n) is 3.85. The molecule has 6 heteroatoms. The van der Waals surface area contributed by atoms with Crippen molar-refractivity contribution < 1.29 is 0 Å². The Balaban J connectivity index is 1.92. The van der Waals surface area contributed by atoms with E-state index in [-0.39, 0.29) is 0 Å². The van der Waals surface area contributed by atoms with Crippen molar-refractivity contribution in [3.63, 3.8) is 0 Å². The lowest BCUT2D eigenvalue weighted by Gasteiger charge is -2.03. The van der Waals surface area contributed by atoms with E-state index in [1.807, 2.05) is 28.8 Å². The third-order valence-corrected chi connectivity index (χ3v) is 3.43. The average molecular weight is 269 g/mol. The normalized spacial score (nSPS) is 10.7. The molecule has 1 aromatic carbocycles. The summed E-state index contributed by atoms with van der Waals surface area (Å²) in [4.78, 5) is 8.92. The fourth-order valence-electron chi connectivity index (χ4n) is 1.67. The number of hydrogen-bond acceptors (Lipinski definition) is 5. The number of aromatic nitrogens is 5. The van der Waals surface area contributed by atoms with E-state index in [4.69, 9.17) is 0 Å². The largest absolute Gasteiger partial charge is 0.304 e. The van der Waals surface area contributed by atoms with Crippen LogP contribution in [0, 0.1) is 0 Å². The summed E-state index contributed by atoms with van der Waals surface area (Å²) in [6, 6.07) is 7.79. The average Bonchev–Trinajstić information content (AvgIpc) is 2.86. The maximum atomic E-state index is 4.54. The quantitative estimate of drug-likeness (QED) is 0.681. The van der Waals surface area contributed by atoms with Gasteiger partial charge in [-0.3, -0.25) is 4.98 Å². The molecule has 0 amide bonds. The Morgan fingerprint density at radius 1 is 1.26 bits per heavy atom. The van der Waals surface area contributed by atoms with Crippen LogP contribution >= 0.6 is 11.8 Å². The number of allylic oxidation sites excluding steroid dienone is 1. The van der Waals surface area contributed by atoms with E-state index in [0.29, 0.717) is 6.54 Å². The first-order valence-electron chi connectivity index (χ1n) is 5.75. The molecule has 5 nitrogen and oxygen atoms in total. The van der Waals surface area contributed by atoms with Gasteiger partial charge in [-0.05, 0) is 23.9 Å². The van der Waals surface area contributed by atoms with Crippen molar-refractivity contribution >= 4 is 22.8 Å². The van der Waals surface area contributed by atoms with Crippen molar-refractivity contribution in [1.29, 1.82) is 0 Å². The molecule has 0 unspecified atom stereocenters. The number of rotatable bonds is 4. The molecule has 0 fully saturated rings. The van der Waals surface area contributed by atoms with Crippen LogP contribution in [0.5, 0.6) is 0 Å². The molecule has 0 N–H and O–H groups in total. The van der Waals surface area contributed by atoms with E-state index in [1.54, 1.807) is 18.6 Å². The molecule has 2 heterocycles. The molecule has 94 valence electrons. The van der Waals surface area contributed by atoms with Gasteiger partial charge in [0, 0.05) is 6.54 Å². The molecular weight excluding hydrogens is 258 g/mol. The van der Waals surface area contributed by atoms with Crippen LogP contribution in [0.15, 0.2) is 59.6 Å². The first-order chi connectivity index (χ1) is 9.36. The molecule has 0 aliphatic rings. The molecule has 19 heavy (non-hydrogen) atoms. The maximum absolute atomic E-state index is 4.54. The first kappa shape index (κ1) is 11.9. The number of hydrogen-bond donors (Lipinski definition) is 0. The minimum absolute atomic E-state index is 0.677. The molecule has 2 aromatic heterocycles. The fraction of sp³-hybridized carbons (Fsp3) is 0.0769.